The highest BCUT2D eigenvalue weighted by Crippen LogP contribution is 2.33. The third-order valence-electron chi connectivity index (χ3n) is 2.13. The number of halogens is 2. The number of rotatable bonds is 5. The lowest BCUT2D eigenvalue weighted by molar-refractivity contribution is 0.389. The summed E-state index contributed by atoms with van der Waals surface area (Å²) in [7, 11) is 3.30. The fourth-order valence-electron chi connectivity index (χ4n) is 1.38. The van der Waals surface area contributed by atoms with Gasteiger partial charge >= 0.3 is 0 Å². The van der Waals surface area contributed by atoms with Gasteiger partial charge < -0.3 is 9.47 Å². The van der Waals surface area contributed by atoms with Crippen molar-refractivity contribution in [2.75, 3.05) is 20.1 Å². The lowest BCUT2D eigenvalue weighted by Gasteiger charge is -2.11. The van der Waals surface area contributed by atoms with Crippen molar-refractivity contribution in [1.82, 2.24) is 0 Å². The molecule has 0 radical (unpaired) electrons. The van der Waals surface area contributed by atoms with Gasteiger partial charge in [-0.3, -0.25) is 0 Å². The molecule has 0 bridgehead atoms. The second-order valence-corrected chi connectivity index (χ2v) is 4.32. The van der Waals surface area contributed by atoms with Crippen molar-refractivity contribution in [1.29, 1.82) is 0 Å². The molecule has 0 aliphatic carbocycles. The Kier molecular flexibility index (Phi) is 5.26. The van der Waals surface area contributed by atoms with Crippen LogP contribution in [0.5, 0.6) is 11.5 Å². The molecule has 1 rings (SSSR count). The van der Waals surface area contributed by atoms with E-state index in [9.17, 15) is 0 Å². The van der Waals surface area contributed by atoms with Crippen LogP contribution in [0, 0.1) is 0 Å². The minimum atomic E-state index is 0.660. The minimum absolute atomic E-state index is 0.660. The molecule has 0 spiro atoms. The Labute approximate surface area is 104 Å². The van der Waals surface area contributed by atoms with Gasteiger partial charge in [-0.1, -0.05) is 0 Å². The second-order valence-electron chi connectivity index (χ2n) is 3.09. The molecule has 2 nitrogen and oxygen atoms in total. The molecule has 0 aromatic heterocycles. The summed E-state index contributed by atoms with van der Waals surface area (Å²) < 4.78 is 11.4. The van der Waals surface area contributed by atoms with Crippen molar-refractivity contribution in [3.63, 3.8) is 0 Å². The normalized spacial score (nSPS) is 10.1. The van der Waals surface area contributed by atoms with Crippen molar-refractivity contribution >= 4 is 27.5 Å². The average Bonchev–Trinajstić information content (AvgIpc) is 2.26. The van der Waals surface area contributed by atoms with Crippen molar-refractivity contribution < 1.29 is 9.47 Å². The predicted molar refractivity (Wildman–Crippen MR) is 66.3 cm³/mol. The van der Waals surface area contributed by atoms with E-state index in [1.54, 1.807) is 14.2 Å². The summed E-state index contributed by atoms with van der Waals surface area (Å²) in [5.74, 6) is 2.29. The van der Waals surface area contributed by atoms with Gasteiger partial charge in [-0.15, -0.1) is 11.6 Å². The number of hydrogen-bond acceptors (Lipinski definition) is 2. The zero-order valence-corrected chi connectivity index (χ0v) is 11.2. The van der Waals surface area contributed by atoms with Crippen LogP contribution >= 0.6 is 27.5 Å². The molecule has 0 aliphatic heterocycles. The molecule has 0 amide bonds. The Morgan fingerprint density at radius 1 is 1.20 bits per heavy atom. The van der Waals surface area contributed by atoms with Crippen molar-refractivity contribution in [3.05, 3.63) is 22.2 Å². The Morgan fingerprint density at radius 3 is 2.40 bits per heavy atom. The van der Waals surface area contributed by atoms with E-state index in [0.717, 1.165) is 34.4 Å². The quantitative estimate of drug-likeness (QED) is 0.772. The van der Waals surface area contributed by atoms with Crippen molar-refractivity contribution in [3.8, 4) is 11.5 Å². The standard InChI is InChI=1S/C11H14BrClO2/c1-14-10-7-11(15-2)9(12)6-8(10)4-3-5-13/h6-7H,3-5H2,1-2H3. The van der Waals surface area contributed by atoms with E-state index in [-0.39, 0.29) is 0 Å². The number of alkyl halides is 1. The Bertz CT molecular complexity index is 329. The summed E-state index contributed by atoms with van der Waals surface area (Å²) in [4.78, 5) is 0. The molecule has 0 N–H and O–H groups in total. The molecule has 0 saturated heterocycles. The first-order valence-corrected chi connectivity index (χ1v) is 6.02. The first-order chi connectivity index (χ1) is 7.22. The molecule has 0 saturated carbocycles. The van der Waals surface area contributed by atoms with Crippen LogP contribution in [0.15, 0.2) is 16.6 Å². The van der Waals surface area contributed by atoms with Crippen LogP contribution in [0.1, 0.15) is 12.0 Å². The van der Waals surface area contributed by atoms with Gasteiger partial charge in [0.1, 0.15) is 11.5 Å². The summed E-state index contributed by atoms with van der Waals surface area (Å²) in [6.45, 7) is 0. The molecule has 0 atom stereocenters. The molecular weight excluding hydrogens is 279 g/mol. The van der Waals surface area contributed by atoms with Gasteiger partial charge in [0.2, 0.25) is 0 Å². The molecule has 0 fully saturated rings. The van der Waals surface area contributed by atoms with Gasteiger partial charge in [0.15, 0.2) is 0 Å². The van der Waals surface area contributed by atoms with E-state index in [4.69, 9.17) is 21.1 Å². The second kappa shape index (κ2) is 6.23. The van der Waals surface area contributed by atoms with Crippen LogP contribution in [0.4, 0.5) is 0 Å². The molecule has 15 heavy (non-hydrogen) atoms. The number of methoxy groups -OCH3 is 2. The van der Waals surface area contributed by atoms with Gasteiger partial charge in [-0.25, -0.2) is 0 Å². The third kappa shape index (κ3) is 3.28. The number of ether oxygens (including phenoxy) is 2. The first-order valence-electron chi connectivity index (χ1n) is 4.69. The monoisotopic (exact) mass is 292 g/mol. The maximum atomic E-state index is 5.67. The topological polar surface area (TPSA) is 18.5 Å². The molecule has 0 heterocycles. The molecule has 0 aliphatic rings. The summed E-state index contributed by atoms with van der Waals surface area (Å²) in [5, 5.41) is 0. The first kappa shape index (κ1) is 12.7. The zero-order chi connectivity index (χ0) is 11.3. The van der Waals surface area contributed by atoms with Crippen LogP contribution < -0.4 is 9.47 Å². The number of aryl methyl sites for hydroxylation is 1. The van der Waals surface area contributed by atoms with Crippen LogP contribution in [0.25, 0.3) is 0 Å². The van der Waals surface area contributed by atoms with E-state index < -0.39 is 0 Å². The van der Waals surface area contributed by atoms with Crippen LogP contribution in [-0.4, -0.2) is 20.1 Å². The summed E-state index contributed by atoms with van der Waals surface area (Å²) in [5.41, 5.74) is 1.14. The van der Waals surface area contributed by atoms with Gasteiger partial charge in [0, 0.05) is 11.9 Å². The van der Waals surface area contributed by atoms with E-state index in [1.165, 1.54) is 0 Å². The van der Waals surface area contributed by atoms with E-state index in [1.807, 2.05) is 12.1 Å². The van der Waals surface area contributed by atoms with Crippen molar-refractivity contribution in [2.24, 2.45) is 0 Å². The van der Waals surface area contributed by atoms with Gasteiger partial charge in [0.25, 0.3) is 0 Å². The fourth-order valence-corrected chi connectivity index (χ4v) is 2.06. The van der Waals surface area contributed by atoms with E-state index >= 15 is 0 Å². The number of hydrogen-bond donors (Lipinski definition) is 0. The van der Waals surface area contributed by atoms with Crippen LogP contribution in [-0.2, 0) is 6.42 Å². The predicted octanol–water partition coefficient (Wildman–Crippen LogP) is 3.64. The lowest BCUT2D eigenvalue weighted by atomic mass is 10.1. The average molecular weight is 294 g/mol. The van der Waals surface area contributed by atoms with Crippen LogP contribution in [0.2, 0.25) is 0 Å². The molecule has 84 valence electrons. The molecule has 1 aromatic carbocycles. The van der Waals surface area contributed by atoms with E-state index in [0.29, 0.717) is 5.88 Å². The van der Waals surface area contributed by atoms with Gasteiger partial charge in [0.05, 0.1) is 18.7 Å². The lowest BCUT2D eigenvalue weighted by Crippen LogP contribution is -1.95. The fraction of sp³-hybridized carbons (Fsp3) is 0.455. The maximum Gasteiger partial charge on any atom is 0.136 e. The third-order valence-corrected chi connectivity index (χ3v) is 3.02. The van der Waals surface area contributed by atoms with E-state index in [2.05, 4.69) is 15.9 Å². The molecule has 4 heteroatoms. The largest absolute Gasteiger partial charge is 0.496 e. The Morgan fingerprint density at radius 2 is 1.87 bits per heavy atom. The molecule has 0 unspecified atom stereocenters. The summed E-state index contributed by atoms with van der Waals surface area (Å²) in [6.07, 6.45) is 1.85. The summed E-state index contributed by atoms with van der Waals surface area (Å²) >= 11 is 9.12. The van der Waals surface area contributed by atoms with Crippen molar-refractivity contribution in [2.45, 2.75) is 12.8 Å². The smallest absolute Gasteiger partial charge is 0.136 e. The molecule has 1 aromatic rings. The Balaban J connectivity index is 2.98. The highest BCUT2D eigenvalue weighted by Gasteiger charge is 2.08. The molecular formula is C11H14BrClO2. The highest BCUT2D eigenvalue weighted by molar-refractivity contribution is 9.10. The van der Waals surface area contributed by atoms with Gasteiger partial charge in [-0.05, 0) is 40.4 Å². The zero-order valence-electron chi connectivity index (χ0n) is 8.85. The Hall–Kier alpha value is -0.410. The minimum Gasteiger partial charge on any atom is -0.496 e. The number of benzene rings is 1. The summed E-state index contributed by atoms with van der Waals surface area (Å²) in [6, 6.07) is 3.90. The highest BCUT2D eigenvalue weighted by atomic mass is 79.9. The SMILES string of the molecule is COc1cc(OC)c(CCCCl)cc1Br. The van der Waals surface area contributed by atoms with Crippen LogP contribution in [0.3, 0.4) is 0 Å². The van der Waals surface area contributed by atoms with Gasteiger partial charge in [-0.2, -0.15) is 0 Å². The maximum absolute atomic E-state index is 5.67.